The van der Waals surface area contributed by atoms with Crippen LogP contribution in [0.15, 0.2) is 36.1 Å². The number of hydrogen-bond donors (Lipinski definition) is 5. The lowest BCUT2D eigenvalue weighted by Crippen LogP contribution is -2.59. The minimum Gasteiger partial charge on any atom is -0.478 e. The Morgan fingerprint density at radius 2 is 2.06 bits per heavy atom. The summed E-state index contributed by atoms with van der Waals surface area (Å²) in [5.74, 6) is -3.44. The van der Waals surface area contributed by atoms with Gasteiger partial charge in [0.15, 0.2) is 1.41 Å². The van der Waals surface area contributed by atoms with Crippen molar-refractivity contribution >= 4 is 22.8 Å². The molecule has 2 heterocycles. The number of nitriles is 1. The summed E-state index contributed by atoms with van der Waals surface area (Å²) >= 11 is 0. The van der Waals surface area contributed by atoms with E-state index >= 15 is 0 Å². The van der Waals surface area contributed by atoms with E-state index in [1.54, 1.807) is 38.1 Å². The molecule has 5 atom stereocenters. The fourth-order valence-electron chi connectivity index (χ4n) is 3.46. The van der Waals surface area contributed by atoms with E-state index in [0.29, 0.717) is 16.2 Å². The van der Waals surface area contributed by atoms with E-state index < -0.39 is 60.6 Å². The number of carboxylic acids is 1. The van der Waals surface area contributed by atoms with E-state index in [1.807, 2.05) is 6.07 Å². The molecule has 1 aliphatic rings. The number of benzene rings is 1. The fraction of sp³-hybridized carbons (Fsp3) is 0.429. The van der Waals surface area contributed by atoms with Crippen molar-refractivity contribution < 1.29 is 36.2 Å². The van der Waals surface area contributed by atoms with E-state index in [4.69, 9.17) is 6.15 Å². The van der Waals surface area contributed by atoms with Gasteiger partial charge in [-0.3, -0.25) is 4.79 Å². The summed E-state index contributed by atoms with van der Waals surface area (Å²) in [4.78, 5) is 24.5. The van der Waals surface area contributed by atoms with Gasteiger partial charge in [0.2, 0.25) is 11.7 Å². The molecule has 11 nitrogen and oxygen atoms in total. The molecule has 0 aliphatic carbocycles. The molecule has 32 heavy (non-hydrogen) atoms. The first-order chi connectivity index (χ1) is 15.6. The highest BCUT2D eigenvalue weighted by atomic mass is 16.5. The molecule has 0 bridgehead atoms. The van der Waals surface area contributed by atoms with Crippen molar-refractivity contribution in [2.45, 2.75) is 44.2 Å². The number of aromatic nitrogens is 2. The highest BCUT2D eigenvalue weighted by Gasteiger charge is 2.45. The van der Waals surface area contributed by atoms with Crippen LogP contribution in [0.25, 0.3) is 10.9 Å². The monoisotopic (exact) mass is 445 g/mol. The van der Waals surface area contributed by atoms with E-state index in [0.717, 1.165) is 6.08 Å². The molecule has 3 rings (SSSR count). The summed E-state index contributed by atoms with van der Waals surface area (Å²) in [5.41, 5.74) is 0.466. The lowest BCUT2D eigenvalue weighted by Gasteiger charge is -2.40. The van der Waals surface area contributed by atoms with E-state index in [-0.39, 0.29) is 5.69 Å². The number of rotatable bonds is 7. The Morgan fingerprint density at radius 3 is 2.66 bits per heavy atom. The normalized spacial score (nSPS) is 23.0. The zero-order valence-electron chi connectivity index (χ0n) is 18.4. The summed E-state index contributed by atoms with van der Waals surface area (Å²) in [7, 11) is 0. The molecular weight excluding hydrogens is 420 g/mol. The first-order valence-corrected chi connectivity index (χ1v) is 9.90. The van der Waals surface area contributed by atoms with Crippen molar-refractivity contribution in [3.63, 3.8) is 0 Å². The Bertz CT molecular complexity index is 1130. The van der Waals surface area contributed by atoms with Gasteiger partial charge < -0.3 is 30.5 Å². The Hall–Kier alpha value is -3.46. The Kier molecular flexibility index (Phi) is 6.36. The van der Waals surface area contributed by atoms with Crippen molar-refractivity contribution in [2.75, 3.05) is 6.61 Å². The number of ether oxygens (including phenoxy) is 1. The van der Waals surface area contributed by atoms with Crippen LogP contribution < -0.4 is 5.31 Å². The molecule has 170 valence electrons. The molecule has 0 radical (unpaired) electrons. The van der Waals surface area contributed by atoms with Crippen LogP contribution in [-0.4, -0.2) is 73.0 Å². The minimum atomic E-state index is -1.87. The molecule has 11 heteroatoms. The second-order valence-corrected chi connectivity index (χ2v) is 7.68. The number of nitrogens with one attached hydrogen (secondary N) is 1. The van der Waals surface area contributed by atoms with Crippen LogP contribution in [0.1, 0.15) is 25.6 Å². The highest BCUT2D eigenvalue weighted by molar-refractivity contribution is 5.86. The van der Waals surface area contributed by atoms with Gasteiger partial charge in [0.25, 0.3) is 0 Å². The van der Waals surface area contributed by atoms with Crippen molar-refractivity contribution in [1.29, 1.82) is 5.26 Å². The number of fused-ring (bicyclic) bond motifs is 1. The number of aliphatic hydroxyl groups is 3. The quantitative estimate of drug-likeness (QED) is 0.382. The maximum atomic E-state index is 12.7. The molecule has 1 aliphatic heterocycles. The van der Waals surface area contributed by atoms with Gasteiger partial charge in [0.05, 0.1) is 24.2 Å². The molecule has 1 aromatic heterocycles. The van der Waals surface area contributed by atoms with Crippen LogP contribution in [0.3, 0.4) is 0 Å². The lowest BCUT2D eigenvalue weighted by molar-refractivity contribution is -0.147. The lowest BCUT2D eigenvalue weighted by atomic mass is 9.91. The van der Waals surface area contributed by atoms with Crippen molar-refractivity contribution in [3.8, 4) is 6.07 Å². The highest BCUT2D eigenvalue weighted by Crippen LogP contribution is 2.32. The number of carbonyl (C=O) groups excluding carboxylic acids is 1. The molecule has 1 amide bonds. The summed E-state index contributed by atoms with van der Waals surface area (Å²) < 4.78 is 15.1. The van der Waals surface area contributed by atoms with Crippen LogP contribution >= 0.6 is 0 Å². The number of carboxylic acid groups (broad SMARTS) is 1. The Labute approximate surface area is 184 Å². The van der Waals surface area contributed by atoms with Gasteiger partial charge in [0, 0.05) is 11.3 Å². The van der Waals surface area contributed by atoms with Gasteiger partial charge in [0.1, 0.15) is 30.1 Å². The van der Waals surface area contributed by atoms with Gasteiger partial charge in [-0.15, -0.1) is 0 Å². The SMILES string of the molecule is [2H]N(C(=O)C(C)C)[C@H]1[C@H]([C@H](O)[C@H](O)CO)OC(C(=O)O)=C[C@@H]1n1nc2ccccc2c1C#N. The van der Waals surface area contributed by atoms with Crippen molar-refractivity contribution in [1.82, 2.24) is 15.1 Å². The fourth-order valence-corrected chi connectivity index (χ4v) is 3.46. The summed E-state index contributed by atoms with van der Waals surface area (Å²) in [6.45, 7) is 2.23. The van der Waals surface area contributed by atoms with Crippen molar-refractivity contribution in [3.05, 3.63) is 41.8 Å². The van der Waals surface area contributed by atoms with Gasteiger partial charge in [-0.25, -0.2) is 9.48 Å². The second kappa shape index (κ2) is 9.35. The Balaban J connectivity index is 2.27. The molecule has 5 N–H and O–H groups in total. The number of aliphatic carboxylic acids is 1. The zero-order valence-corrected chi connectivity index (χ0v) is 17.4. The predicted molar refractivity (Wildman–Crippen MR) is 110 cm³/mol. The number of amides is 1. The third kappa shape index (κ3) is 4.29. The van der Waals surface area contributed by atoms with Crippen LogP contribution in [0.2, 0.25) is 1.41 Å². The second-order valence-electron chi connectivity index (χ2n) is 7.68. The summed E-state index contributed by atoms with van der Waals surface area (Å²) in [6.07, 6.45) is -4.15. The largest absolute Gasteiger partial charge is 0.478 e. The van der Waals surface area contributed by atoms with Crippen LogP contribution in [0.5, 0.6) is 0 Å². The van der Waals surface area contributed by atoms with Crippen LogP contribution in [-0.2, 0) is 14.3 Å². The third-order valence-electron chi connectivity index (χ3n) is 5.16. The maximum absolute atomic E-state index is 12.7. The van der Waals surface area contributed by atoms with Crippen molar-refractivity contribution in [2.24, 2.45) is 5.92 Å². The topological polar surface area (TPSA) is 178 Å². The molecule has 0 unspecified atom stereocenters. The summed E-state index contributed by atoms with van der Waals surface area (Å²) in [5, 5.41) is 54.8. The molecule has 1 aromatic carbocycles. The molecule has 0 saturated heterocycles. The maximum Gasteiger partial charge on any atom is 0.370 e. The molecule has 0 spiro atoms. The Morgan fingerprint density at radius 1 is 1.38 bits per heavy atom. The number of nitrogens with zero attached hydrogens (tertiary/aromatic N) is 3. The van der Waals surface area contributed by atoms with Gasteiger partial charge in [-0.1, -0.05) is 26.0 Å². The zero-order chi connectivity index (χ0) is 24.4. The van der Waals surface area contributed by atoms with Gasteiger partial charge in [-0.05, 0) is 18.2 Å². The van der Waals surface area contributed by atoms with Crippen LogP contribution in [0.4, 0.5) is 0 Å². The van der Waals surface area contributed by atoms with Gasteiger partial charge in [-0.2, -0.15) is 10.4 Å². The summed E-state index contributed by atoms with van der Waals surface area (Å²) in [6, 6.07) is 6.07. The average molecular weight is 445 g/mol. The molecule has 0 saturated carbocycles. The predicted octanol–water partition coefficient (Wildman–Crippen LogP) is -0.329. The smallest absolute Gasteiger partial charge is 0.370 e. The van der Waals surface area contributed by atoms with E-state index in [2.05, 4.69) is 5.10 Å². The average Bonchev–Trinajstić information content (AvgIpc) is 3.19. The number of carbonyl (C=O) groups is 2. The first kappa shape index (κ1) is 21.8. The van der Waals surface area contributed by atoms with Gasteiger partial charge >= 0.3 is 5.97 Å². The standard InChI is InChI=1S/C21H24N4O7/c1-10(2)20(29)23-17-13(25-14(8-22)11-5-3-4-6-12(11)24-25)7-16(21(30)31)32-19(17)18(28)15(27)9-26/h3-7,10,13,15,17-19,26-28H,9H2,1-2H3,(H,23,29)(H,30,31)/t13-,15+,17+,18+,19+/m0/s1/i/hD. The van der Waals surface area contributed by atoms with E-state index in [9.17, 15) is 35.3 Å². The third-order valence-corrected chi connectivity index (χ3v) is 5.16. The minimum absolute atomic E-state index is 0.0461. The van der Waals surface area contributed by atoms with Crippen LogP contribution in [0, 0.1) is 17.2 Å². The first-order valence-electron chi connectivity index (χ1n) is 10.3. The molecule has 2 aromatic rings. The molecular formula is C21H24N4O7. The number of aliphatic hydroxyl groups excluding tert-OH is 3. The molecule has 0 fully saturated rings. The number of hydrogen-bond acceptors (Lipinski definition) is 8. The van der Waals surface area contributed by atoms with E-state index in [1.165, 1.54) is 4.68 Å².